The lowest BCUT2D eigenvalue weighted by Gasteiger charge is -2.41. The molecule has 132 valence electrons. The van der Waals surface area contributed by atoms with Gasteiger partial charge in [0.05, 0.1) is 0 Å². The van der Waals surface area contributed by atoms with Crippen molar-refractivity contribution in [2.45, 2.75) is 24.4 Å². The minimum Gasteiger partial charge on any atom is -0.378 e. The summed E-state index contributed by atoms with van der Waals surface area (Å²) in [6, 6.07) is 19.5. The number of likely N-dealkylation sites (tertiary alicyclic amines) is 1. The minimum absolute atomic E-state index is 0.0696. The molecule has 25 heavy (non-hydrogen) atoms. The van der Waals surface area contributed by atoms with Crippen molar-refractivity contribution in [3.05, 3.63) is 71.8 Å². The Morgan fingerprint density at radius 1 is 1.08 bits per heavy atom. The number of benzene rings is 2. The lowest BCUT2D eigenvalue weighted by Crippen LogP contribution is -2.48. The van der Waals surface area contributed by atoms with Crippen LogP contribution in [0.4, 0.5) is 0 Å². The van der Waals surface area contributed by atoms with E-state index >= 15 is 0 Å². The highest BCUT2D eigenvalue weighted by Crippen LogP contribution is 2.34. The summed E-state index contributed by atoms with van der Waals surface area (Å²) in [5, 5.41) is 13.3. The number of amides is 1. The third kappa shape index (κ3) is 4.09. The van der Waals surface area contributed by atoms with Crippen LogP contribution in [0.15, 0.2) is 60.7 Å². The molecule has 0 bridgehead atoms. The standard InChI is InChI=1S/C21H26N2O2/c1-23-14-12-21(13-15-23,18-10-6-3-7-11-18)16-22-20(25)19(24)17-8-4-2-5-9-17/h2-11,19,24H,12-16H2,1H3,(H,22,25)/t19-/m1/s1. The summed E-state index contributed by atoms with van der Waals surface area (Å²) in [4.78, 5) is 14.8. The molecule has 3 rings (SSSR count). The molecule has 0 unspecified atom stereocenters. The summed E-state index contributed by atoms with van der Waals surface area (Å²) in [7, 11) is 2.13. The van der Waals surface area contributed by atoms with E-state index < -0.39 is 6.10 Å². The molecular weight excluding hydrogens is 312 g/mol. The molecule has 1 atom stereocenters. The topological polar surface area (TPSA) is 52.6 Å². The fourth-order valence-electron chi connectivity index (χ4n) is 3.55. The third-order valence-electron chi connectivity index (χ3n) is 5.29. The Kier molecular flexibility index (Phi) is 5.51. The fraction of sp³-hybridized carbons (Fsp3) is 0.381. The highest BCUT2D eigenvalue weighted by Gasteiger charge is 2.36. The van der Waals surface area contributed by atoms with Gasteiger partial charge >= 0.3 is 0 Å². The smallest absolute Gasteiger partial charge is 0.253 e. The average molecular weight is 338 g/mol. The number of hydrogen-bond donors (Lipinski definition) is 2. The number of carbonyl (C=O) groups is 1. The summed E-state index contributed by atoms with van der Waals surface area (Å²) < 4.78 is 0. The molecule has 4 heteroatoms. The van der Waals surface area contributed by atoms with Gasteiger partial charge in [0, 0.05) is 12.0 Å². The van der Waals surface area contributed by atoms with Crippen LogP contribution >= 0.6 is 0 Å². The van der Waals surface area contributed by atoms with Crippen LogP contribution in [0.5, 0.6) is 0 Å². The number of nitrogens with one attached hydrogen (secondary N) is 1. The second-order valence-electron chi connectivity index (χ2n) is 6.98. The van der Waals surface area contributed by atoms with E-state index in [2.05, 4.69) is 41.5 Å². The molecule has 0 aromatic heterocycles. The van der Waals surface area contributed by atoms with Gasteiger partial charge in [-0.05, 0) is 44.1 Å². The van der Waals surface area contributed by atoms with E-state index in [1.54, 1.807) is 12.1 Å². The predicted molar refractivity (Wildman–Crippen MR) is 99.3 cm³/mol. The second kappa shape index (κ2) is 7.81. The first-order valence-corrected chi connectivity index (χ1v) is 8.85. The number of rotatable bonds is 5. The zero-order valence-corrected chi connectivity index (χ0v) is 14.7. The molecular formula is C21H26N2O2. The van der Waals surface area contributed by atoms with Gasteiger partial charge in [-0.25, -0.2) is 0 Å². The van der Waals surface area contributed by atoms with Gasteiger partial charge in [-0.3, -0.25) is 4.79 Å². The molecule has 2 N–H and O–H groups in total. The van der Waals surface area contributed by atoms with Gasteiger partial charge in [0.2, 0.25) is 0 Å². The number of carbonyl (C=O) groups excluding carboxylic acids is 1. The molecule has 1 fully saturated rings. The summed E-state index contributed by atoms with van der Waals surface area (Å²) in [6.45, 7) is 2.56. The van der Waals surface area contributed by atoms with E-state index in [9.17, 15) is 9.90 Å². The summed E-state index contributed by atoms with van der Waals surface area (Å²) in [6.07, 6.45) is 0.866. The van der Waals surface area contributed by atoms with Crippen molar-refractivity contribution in [2.24, 2.45) is 0 Å². The highest BCUT2D eigenvalue weighted by atomic mass is 16.3. The number of nitrogens with zero attached hydrogens (tertiary/aromatic N) is 1. The number of aliphatic hydroxyl groups is 1. The Morgan fingerprint density at radius 2 is 1.64 bits per heavy atom. The quantitative estimate of drug-likeness (QED) is 0.881. The molecule has 1 amide bonds. The van der Waals surface area contributed by atoms with Crippen molar-refractivity contribution in [1.82, 2.24) is 10.2 Å². The molecule has 2 aromatic rings. The van der Waals surface area contributed by atoms with Crippen molar-refractivity contribution < 1.29 is 9.90 Å². The summed E-state index contributed by atoms with van der Waals surface area (Å²) in [5.41, 5.74) is 1.81. The Morgan fingerprint density at radius 3 is 2.24 bits per heavy atom. The van der Waals surface area contributed by atoms with Crippen molar-refractivity contribution in [2.75, 3.05) is 26.7 Å². The summed E-state index contributed by atoms with van der Waals surface area (Å²) in [5.74, 6) is -0.333. The Balaban J connectivity index is 1.72. The van der Waals surface area contributed by atoms with Crippen LogP contribution in [0.3, 0.4) is 0 Å². The lowest BCUT2D eigenvalue weighted by atomic mass is 9.72. The molecule has 0 radical (unpaired) electrons. The molecule has 4 nitrogen and oxygen atoms in total. The monoisotopic (exact) mass is 338 g/mol. The number of piperidine rings is 1. The van der Waals surface area contributed by atoms with Gasteiger partial charge in [0.1, 0.15) is 0 Å². The van der Waals surface area contributed by atoms with Crippen molar-refractivity contribution in [3.8, 4) is 0 Å². The molecule has 1 aliphatic rings. The van der Waals surface area contributed by atoms with Gasteiger partial charge in [0.25, 0.3) is 5.91 Å². The maximum absolute atomic E-state index is 12.5. The van der Waals surface area contributed by atoms with Crippen LogP contribution in [0.2, 0.25) is 0 Å². The third-order valence-corrected chi connectivity index (χ3v) is 5.29. The zero-order chi connectivity index (χ0) is 17.7. The van der Waals surface area contributed by atoms with Crippen LogP contribution in [-0.4, -0.2) is 42.6 Å². The van der Waals surface area contributed by atoms with E-state index in [1.165, 1.54) is 5.56 Å². The molecule has 1 heterocycles. The van der Waals surface area contributed by atoms with E-state index in [0.29, 0.717) is 12.1 Å². The van der Waals surface area contributed by atoms with Gasteiger partial charge in [-0.2, -0.15) is 0 Å². The van der Waals surface area contributed by atoms with Crippen molar-refractivity contribution >= 4 is 5.91 Å². The summed E-state index contributed by atoms with van der Waals surface area (Å²) >= 11 is 0. The molecule has 1 saturated heterocycles. The predicted octanol–water partition coefficient (Wildman–Crippen LogP) is 2.50. The van der Waals surface area contributed by atoms with E-state index in [-0.39, 0.29) is 11.3 Å². The van der Waals surface area contributed by atoms with Gasteiger partial charge < -0.3 is 15.3 Å². The van der Waals surface area contributed by atoms with Crippen LogP contribution in [0.25, 0.3) is 0 Å². The van der Waals surface area contributed by atoms with E-state index in [1.807, 2.05) is 24.3 Å². The van der Waals surface area contributed by atoms with E-state index in [4.69, 9.17) is 0 Å². The Labute approximate surface area is 149 Å². The molecule has 1 aliphatic heterocycles. The highest BCUT2D eigenvalue weighted by molar-refractivity contribution is 5.82. The van der Waals surface area contributed by atoms with Crippen LogP contribution in [0, 0.1) is 0 Å². The number of hydrogen-bond acceptors (Lipinski definition) is 3. The van der Waals surface area contributed by atoms with Gasteiger partial charge in [-0.1, -0.05) is 60.7 Å². The van der Waals surface area contributed by atoms with Gasteiger partial charge in [0.15, 0.2) is 6.10 Å². The number of aliphatic hydroxyl groups excluding tert-OH is 1. The fourth-order valence-corrected chi connectivity index (χ4v) is 3.55. The van der Waals surface area contributed by atoms with Crippen molar-refractivity contribution in [3.63, 3.8) is 0 Å². The van der Waals surface area contributed by atoms with Crippen molar-refractivity contribution in [1.29, 1.82) is 0 Å². The van der Waals surface area contributed by atoms with Crippen LogP contribution in [-0.2, 0) is 10.2 Å². The largest absolute Gasteiger partial charge is 0.378 e. The molecule has 2 aromatic carbocycles. The zero-order valence-electron chi connectivity index (χ0n) is 14.7. The first-order chi connectivity index (χ1) is 12.1. The Bertz CT molecular complexity index is 680. The minimum atomic E-state index is -1.12. The molecule has 0 spiro atoms. The molecule has 0 aliphatic carbocycles. The SMILES string of the molecule is CN1CCC(CNC(=O)[C@H](O)c2ccccc2)(c2ccccc2)CC1. The van der Waals surface area contributed by atoms with Gasteiger partial charge in [-0.15, -0.1) is 0 Å². The molecule has 0 saturated carbocycles. The maximum Gasteiger partial charge on any atom is 0.253 e. The maximum atomic E-state index is 12.5. The van der Waals surface area contributed by atoms with Crippen LogP contribution < -0.4 is 5.32 Å². The second-order valence-corrected chi connectivity index (χ2v) is 6.98. The average Bonchev–Trinajstić information content (AvgIpc) is 2.68. The van der Waals surface area contributed by atoms with E-state index in [0.717, 1.165) is 25.9 Å². The van der Waals surface area contributed by atoms with Crippen LogP contribution in [0.1, 0.15) is 30.1 Å². The lowest BCUT2D eigenvalue weighted by molar-refractivity contribution is -0.130. The Hall–Kier alpha value is -2.17. The first-order valence-electron chi connectivity index (χ1n) is 8.85. The normalized spacial score (nSPS) is 18.5. The first kappa shape index (κ1) is 17.6.